The SMILES string of the molecule is Cc1ccc2ccc(N=Nc3cc(S(O)(O)O)cc(S(O)(O)O)c3O)c(O)c2c1. The van der Waals surface area contributed by atoms with Gasteiger partial charge in [0.25, 0.3) is 0 Å². The first-order chi connectivity index (χ1) is 13.4. The van der Waals surface area contributed by atoms with Crippen molar-refractivity contribution in [1.82, 2.24) is 0 Å². The highest BCUT2D eigenvalue weighted by Gasteiger charge is 2.28. The first-order valence-corrected chi connectivity index (χ1v) is 10.9. The number of aryl methyl sites for hydroxylation is 1. The van der Waals surface area contributed by atoms with Gasteiger partial charge in [-0.15, -0.1) is 10.2 Å². The maximum absolute atomic E-state index is 10.4. The van der Waals surface area contributed by atoms with Crippen molar-refractivity contribution in [2.45, 2.75) is 16.7 Å². The predicted octanol–water partition coefficient (Wildman–Crippen LogP) is 6.14. The van der Waals surface area contributed by atoms with E-state index in [4.69, 9.17) is 0 Å². The molecule has 0 aliphatic heterocycles. The average molecular weight is 442 g/mol. The van der Waals surface area contributed by atoms with E-state index in [0.717, 1.165) is 17.0 Å². The van der Waals surface area contributed by atoms with Crippen molar-refractivity contribution in [1.29, 1.82) is 0 Å². The van der Waals surface area contributed by atoms with Crippen LogP contribution < -0.4 is 0 Å². The van der Waals surface area contributed by atoms with Crippen LogP contribution in [0.15, 0.2) is 62.5 Å². The minimum absolute atomic E-state index is 0.0145. The Morgan fingerprint density at radius 3 is 1.93 bits per heavy atom. The summed E-state index contributed by atoms with van der Waals surface area (Å²) in [6.45, 7) is 1.85. The van der Waals surface area contributed by atoms with Gasteiger partial charge in [0.2, 0.25) is 0 Å². The molecule has 156 valence electrons. The van der Waals surface area contributed by atoms with Crippen molar-refractivity contribution in [3.8, 4) is 11.5 Å². The Kier molecular flexibility index (Phi) is 5.46. The molecule has 3 aromatic rings. The summed E-state index contributed by atoms with van der Waals surface area (Å²) >= 11 is 0. The van der Waals surface area contributed by atoms with E-state index >= 15 is 0 Å². The van der Waals surface area contributed by atoms with Crippen LogP contribution in [-0.4, -0.2) is 37.5 Å². The Morgan fingerprint density at radius 2 is 1.31 bits per heavy atom. The standard InChI is InChI=1S/C17H18N2O8S2/c1-9-2-3-10-4-5-13(16(20)12(10)6-9)18-19-14-7-11(28(22,23)24)8-15(17(14)21)29(25,26)27/h2-8,20-27H,1H3. The lowest BCUT2D eigenvalue weighted by Gasteiger charge is -2.25. The Hall–Kier alpha value is -2.42. The molecule has 0 amide bonds. The summed E-state index contributed by atoms with van der Waals surface area (Å²) in [5, 5.41) is 29.4. The summed E-state index contributed by atoms with van der Waals surface area (Å²) in [5.74, 6) is -1.09. The van der Waals surface area contributed by atoms with Gasteiger partial charge >= 0.3 is 0 Å². The minimum atomic E-state index is -4.48. The molecule has 0 aliphatic carbocycles. The summed E-state index contributed by atoms with van der Waals surface area (Å²) in [4.78, 5) is -1.51. The third kappa shape index (κ3) is 4.44. The van der Waals surface area contributed by atoms with E-state index in [2.05, 4.69) is 10.2 Å². The third-order valence-corrected chi connectivity index (χ3v) is 5.80. The van der Waals surface area contributed by atoms with Gasteiger partial charge in [0, 0.05) is 5.39 Å². The van der Waals surface area contributed by atoms with E-state index < -0.39 is 43.0 Å². The molecule has 0 spiro atoms. The highest BCUT2D eigenvalue weighted by atomic mass is 32.3. The van der Waals surface area contributed by atoms with Crippen LogP contribution in [0.1, 0.15) is 5.56 Å². The van der Waals surface area contributed by atoms with Crippen molar-refractivity contribution in [3.05, 3.63) is 48.0 Å². The number of benzene rings is 3. The Labute approximate surface area is 168 Å². The predicted molar refractivity (Wildman–Crippen MR) is 110 cm³/mol. The van der Waals surface area contributed by atoms with Gasteiger partial charge in [0.15, 0.2) is 11.5 Å². The smallest absolute Gasteiger partial charge is 0.161 e. The van der Waals surface area contributed by atoms with Crippen LogP contribution >= 0.6 is 21.7 Å². The van der Waals surface area contributed by atoms with Crippen molar-refractivity contribution < 1.29 is 37.5 Å². The van der Waals surface area contributed by atoms with Crippen LogP contribution in [0.4, 0.5) is 11.4 Å². The van der Waals surface area contributed by atoms with Gasteiger partial charge in [-0.3, -0.25) is 0 Å². The molecular weight excluding hydrogens is 424 g/mol. The van der Waals surface area contributed by atoms with Crippen LogP contribution in [0.3, 0.4) is 0 Å². The Morgan fingerprint density at radius 1 is 0.690 bits per heavy atom. The number of phenols is 2. The molecule has 0 aromatic heterocycles. The largest absolute Gasteiger partial charge is 0.505 e. The molecular formula is C17H18N2O8S2. The number of aromatic hydroxyl groups is 2. The van der Waals surface area contributed by atoms with Crippen molar-refractivity contribution in [2.75, 3.05) is 0 Å². The Bertz CT molecular complexity index is 1120. The molecule has 3 aromatic carbocycles. The van der Waals surface area contributed by atoms with Crippen molar-refractivity contribution in [3.63, 3.8) is 0 Å². The molecule has 12 heteroatoms. The van der Waals surface area contributed by atoms with Crippen LogP contribution in [0.5, 0.6) is 11.5 Å². The van der Waals surface area contributed by atoms with Crippen LogP contribution in [0.2, 0.25) is 0 Å². The van der Waals surface area contributed by atoms with E-state index in [-0.39, 0.29) is 11.4 Å². The molecule has 8 N–H and O–H groups in total. The molecule has 0 unspecified atom stereocenters. The molecule has 0 heterocycles. The van der Waals surface area contributed by atoms with E-state index in [1.165, 1.54) is 6.07 Å². The number of hydrogen-bond donors (Lipinski definition) is 8. The maximum Gasteiger partial charge on any atom is 0.161 e. The molecule has 0 radical (unpaired) electrons. The van der Waals surface area contributed by atoms with Crippen molar-refractivity contribution in [2.24, 2.45) is 10.2 Å². The van der Waals surface area contributed by atoms with E-state index in [9.17, 15) is 37.5 Å². The topological polar surface area (TPSA) is 187 Å². The number of fused-ring (bicyclic) bond motifs is 1. The van der Waals surface area contributed by atoms with Gasteiger partial charge < -0.3 is 37.5 Å². The summed E-state index contributed by atoms with van der Waals surface area (Å²) in [6.07, 6.45) is 0. The quantitative estimate of drug-likeness (QED) is 0.221. The van der Waals surface area contributed by atoms with Crippen LogP contribution in [0, 0.1) is 6.92 Å². The normalized spacial score (nSPS) is 13.9. The second-order valence-corrected chi connectivity index (χ2v) is 9.17. The lowest BCUT2D eigenvalue weighted by molar-refractivity contribution is 0.365. The van der Waals surface area contributed by atoms with E-state index in [0.29, 0.717) is 11.5 Å². The third-order valence-electron chi connectivity index (χ3n) is 4.03. The van der Waals surface area contributed by atoms with E-state index in [1.54, 1.807) is 12.1 Å². The molecule has 10 nitrogen and oxygen atoms in total. The average Bonchev–Trinajstić information content (AvgIpc) is 2.60. The van der Waals surface area contributed by atoms with Gasteiger partial charge in [-0.05, 0) is 36.6 Å². The first-order valence-electron chi connectivity index (χ1n) is 7.90. The monoisotopic (exact) mass is 442 g/mol. The molecule has 0 fully saturated rings. The zero-order valence-electron chi connectivity index (χ0n) is 14.8. The molecule has 0 aliphatic rings. The molecule has 0 saturated carbocycles. The Balaban J connectivity index is 2.13. The van der Waals surface area contributed by atoms with E-state index in [1.807, 2.05) is 19.1 Å². The van der Waals surface area contributed by atoms with Crippen LogP contribution in [0.25, 0.3) is 10.8 Å². The summed E-state index contributed by atoms with van der Waals surface area (Å²) < 4.78 is 56.6. The van der Waals surface area contributed by atoms with Gasteiger partial charge in [0.1, 0.15) is 38.0 Å². The second kappa shape index (κ2) is 7.44. The summed E-state index contributed by atoms with van der Waals surface area (Å²) in [6, 6.07) is 10.0. The van der Waals surface area contributed by atoms with Gasteiger partial charge in [-0.2, -0.15) is 0 Å². The molecule has 3 rings (SSSR count). The van der Waals surface area contributed by atoms with Gasteiger partial charge in [-0.1, -0.05) is 23.8 Å². The lowest BCUT2D eigenvalue weighted by atomic mass is 10.1. The highest BCUT2D eigenvalue weighted by Crippen LogP contribution is 2.56. The molecule has 29 heavy (non-hydrogen) atoms. The summed E-state index contributed by atoms with van der Waals surface area (Å²) in [7, 11) is -8.82. The second-order valence-electron chi connectivity index (χ2n) is 6.18. The number of phenolic OH excluding ortho intramolecular Hbond substituents is 2. The molecule has 0 saturated heterocycles. The lowest BCUT2D eigenvalue weighted by Crippen LogP contribution is -2.01. The fraction of sp³-hybridized carbons (Fsp3) is 0.0588. The fourth-order valence-electron chi connectivity index (χ4n) is 2.61. The fourth-order valence-corrected chi connectivity index (χ4v) is 3.88. The van der Waals surface area contributed by atoms with Crippen LogP contribution in [-0.2, 0) is 0 Å². The minimum Gasteiger partial charge on any atom is -0.505 e. The zero-order chi connectivity index (χ0) is 21.6. The number of hydrogen-bond acceptors (Lipinski definition) is 10. The first kappa shape index (κ1) is 21.3. The zero-order valence-corrected chi connectivity index (χ0v) is 16.5. The van der Waals surface area contributed by atoms with Crippen molar-refractivity contribution >= 4 is 43.9 Å². The summed E-state index contributed by atoms with van der Waals surface area (Å²) in [5.41, 5.74) is 0.406. The molecule has 0 bridgehead atoms. The van der Waals surface area contributed by atoms with Gasteiger partial charge in [-0.25, -0.2) is 0 Å². The highest BCUT2D eigenvalue weighted by molar-refractivity contribution is 8.20. The van der Waals surface area contributed by atoms with Gasteiger partial charge in [0.05, 0.1) is 4.90 Å². The number of rotatable bonds is 4. The molecule has 0 atom stereocenters. The maximum atomic E-state index is 10.4. The number of nitrogens with zero attached hydrogens (tertiary/aromatic N) is 2. The number of azo groups is 1.